The van der Waals surface area contributed by atoms with Crippen molar-refractivity contribution in [1.29, 1.82) is 0 Å². The van der Waals surface area contributed by atoms with Crippen LogP contribution in [0.2, 0.25) is 5.82 Å². The van der Waals surface area contributed by atoms with Crippen LogP contribution >= 0.6 is 0 Å². The predicted molar refractivity (Wildman–Crippen MR) is 35.3 cm³/mol. The van der Waals surface area contributed by atoms with Gasteiger partial charge in [-0.05, 0) is 5.41 Å². The largest absolute Gasteiger partial charge is 0.105 e. The third kappa shape index (κ3) is 0.989. The monoisotopic (exact) mass is 96.1 g/mol. The van der Waals surface area contributed by atoms with Gasteiger partial charge in [0.05, 0.1) is 0 Å². The molecular formula is C6H13B. The highest BCUT2D eigenvalue weighted by Crippen LogP contribution is 2.46. The van der Waals surface area contributed by atoms with Crippen LogP contribution in [-0.2, 0) is 0 Å². The van der Waals surface area contributed by atoms with Crippen LogP contribution in [0.5, 0.6) is 0 Å². The lowest BCUT2D eigenvalue weighted by Gasteiger charge is -2.40. The van der Waals surface area contributed by atoms with Crippen LogP contribution in [0.25, 0.3) is 0 Å². The fourth-order valence-corrected chi connectivity index (χ4v) is 1.83. The van der Waals surface area contributed by atoms with E-state index in [1.165, 1.54) is 12.8 Å². The second kappa shape index (κ2) is 1.27. The van der Waals surface area contributed by atoms with Gasteiger partial charge in [-0.3, -0.25) is 0 Å². The molecule has 1 fully saturated rings. The van der Waals surface area contributed by atoms with Crippen LogP contribution in [0.1, 0.15) is 26.7 Å². The minimum Gasteiger partial charge on any atom is -0.0687 e. The van der Waals surface area contributed by atoms with Crippen molar-refractivity contribution in [2.24, 2.45) is 5.41 Å². The van der Waals surface area contributed by atoms with Crippen LogP contribution in [-0.4, -0.2) is 7.85 Å². The zero-order valence-electron chi connectivity index (χ0n) is 5.49. The molecule has 0 heterocycles. The highest BCUT2D eigenvalue weighted by Gasteiger charge is 2.32. The predicted octanol–water partition coefficient (Wildman–Crippen LogP) is 1.23. The molecule has 7 heavy (non-hydrogen) atoms. The van der Waals surface area contributed by atoms with E-state index in [1.54, 1.807) is 0 Å². The fraction of sp³-hybridized carbons (Fsp3) is 1.00. The molecule has 1 saturated carbocycles. The van der Waals surface area contributed by atoms with Crippen LogP contribution in [0.4, 0.5) is 0 Å². The van der Waals surface area contributed by atoms with Gasteiger partial charge in [-0.15, -0.1) is 0 Å². The number of hydrogen-bond donors (Lipinski definition) is 0. The molecule has 1 aliphatic rings. The van der Waals surface area contributed by atoms with Crippen molar-refractivity contribution in [3.05, 3.63) is 0 Å². The molecule has 0 aromatic carbocycles. The zero-order valence-corrected chi connectivity index (χ0v) is 5.49. The lowest BCUT2D eigenvalue weighted by atomic mass is 9.57. The van der Waals surface area contributed by atoms with Crippen LogP contribution in [0.3, 0.4) is 0 Å². The van der Waals surface area contributed by atoms with E-state index in [0.29, 0.717) is 5.41 Å². The van der Waals surface area contributed by atoms with E-state index in [2.05, 4.69) is 21.7 Å². The Labute approximate surface area is 46.7 Å². The summed E-state index contributed by atoms with van der Waals surface area (Å²) in [4.78, 5) is 0. The van der Waals surface area contributed by atoms with Crippen molar-refractivity contribution in [2.45, 2.75) is 32.5 Å². The summed E-state index contributed by atoms with van der Waals surface area (Å²) in [6.45, 7) is 4.68. The number of rotatable bonds is 0. The molecular weight excluding hydrogens is 82.9 g/mol. The molecule has 40 valence electrons. The second-order valence-electron chi connectivity index (χ2n) is 3.68. The Balaban J connectivity index is 2.29. The average Bonchev–Trinajstić information content (AvgIpc) is 1.27. The molecule has 0 amide bonds. The Bertz CT molecular complexity index is 68.2. The summed E-state index contributed by atoms with van der Waals surface area (Å²) in [5, 5.41) is 0. The van der Waals surface area contributed by atoms with Gasteiger partial charge in [-0.1, -0.05) is 32.5 Å². The molecule has 0 bridgehead atoms. The Morgan fingerprint density at radius 3 is 1.86 bits per heavy atom. The topological polar surface area (TPSA) is 0 Å². The van der Waals surface area contributed by atoms with Crippen molar-refractivity contribution in [3.8, 4) is 0 Å². The lowest BCUT2D eigenvalue weighted by molar-refractivity contribution is 0.192. The molecule has 0 radical (unpaired) electrons. The Kier molecular flexibility index (Phi) is 0.945. The third-order valence-corrected chi connectivity index (χ3v) is 1.80. The quantitative estimate of drug-likeness (QED) is 0.398. The molecule has 0 N–H and O–H groups in total. The maximum atomic E-state index is 2.34. The first-order valence-corrected chi connectivity index (χ1v) is 3.10. The summed E-state index contributed by atoms with van der Waals surface area (Å²) in [6.07, 6.45) is 2.88. The summed E-state index contributed by atoms with van der Waals surface area (Å²) in [5.41, 5.74) is 0.694. The molecule has 0 saturated heterocycles. The van der Waals surface area contributed by atoms with Gasteiger partial charge in [-0.25, -0.2) is 0 Å². The van der Waals surface area contributed by atoms with Crippen molar-refractivity contribution < 1.29 is 0 Å². The smallest absolute Gasteiger partial charge is 0.0687 e. The molecule has 0 nitrogen and oxygen atoms in total. The molecule has 1 aliphatic carbocycles. The number of hydrogen-bond acceptors (Lipinski definition) is 0. The molecule has 0 aliphatic heterocycles. The maximum Gasteiger partial charge on any atom is 0.105 e. The van der Waals surface area contributed by atoms with Gasteiger partial charge in [0.25, 0.3) is 0 Å². The first kappa shape index (κ1) is 5.21. The van der Waals surface area contributed by atoms with Crippen molar-refractivity contribution in [2.75, 3.05) is 0 Å². The minimum absolute atomic E-state index is 0.694. The summed E-state index contributed by atoms with van der Waals surface area (Å²) >= 11 is 0. The first-order chi connectivity index (χ1) is 3.10. The maximum absolute atomic E-state index is 2.34. The SMILES string of the molecule is BC1CC(C)(C)C1. The van der Waals surface area contributed by atoms with Gasteiger partial charge in [0, 0.05) is 0 Å². The van der Waals surface area contributed by atoms with Gasteiger partial charge >= 0.3 is 0 Å². The fourth-order valence-electron chi connectivity index (χ4n) is 1.83. The van der Waals surface area contributed by atoms with E-state index >= 15 is 0 Å². The Morgan fingerprint density at radius 1 is 1.43 bits per heavy atom. The van der Waals surface area contributed by atoms with E-state index in [4.69, 9.17) is 0 Å². The van der Waals surface area contributed by atoms with E-state index in [0.717, 1.165) is 5.82 Å². The van der Waals surface area contributed by atoms with Crippen LogP contribution in [0.15, 0.2) is 0 Å². The Hall–Kier alpha value is 0.0649. The molecule has 1 heteroatoms. The van der Waals surface area contributed by atoms with Gasteiger partial charge in [0.15, 0.2) is 0 Å². The van der Waals surface area contributed by atoms with E-state index in [9.17, 15) is 0 Å². The van der Waals surface area contributed by atoms with Gasteiger partial charge < -0.3 is 0 Å². The first-order valence-electron chi connectivity index (χ1n) is 3.10. The molecule has 0 spiro atoms. The minimum atomic E-state index is 0.694. The normalized spacial score (nSPS) is 29.4. The third-order valence-electron chi connectivity index (χ3n) is 1.80. The summed E-state index contributed by atoms with van der Waals surface area (Å²) in [5.74, 6) is 1.01. The molecule has 1 rings (SSSR count). The van der Waals surface area contributed by atoms with Crippen molar-refractivity contribution in [3.63, 3.8) is 0 Å². The highest BCUT2D eigenvalue weighted by molar-refractivity contribution is 6.12. The summed E-state index contributed by atoms with van der Waals surface area (Å²) in [7, 11) is 2.32. The molecule has 0 atom stereocenters. The van der Waals surface area contributed by atoms with Gasteiger partial charge in [-0.2, -0.15) is 0 Å². The van der Waals surface area contributed by atoms with E-state index in [1.807, 2.05) is 0 Å². The second-order valence-corrected chi connectivity index (χ2v) is 3.68. The van der Waals surface area contributed by atoms with Crippen molar-refractivity contribution in [1.82, 2.24) is 0 Å². The Morgan fingerprint density at radius 2 is 1.86 bits per heavy atom. The van der Waals surface area contributed by atoms with Crippen LogP contribution in [0, 0.1) is 5.41 Å². The summed E-state index contributed by atoms with van der Waals surface area (Å²) in [6, 6.07) is 0. The lowest BCUT2D eigenvalue weighted by Crippen LogP contribution is -2.27. The van der Waals surface area contributed by atoms with Gasteiger partial charge in [0.2, 0.25) is 0 Å². The highest BCUT2D eigenvalue weighted by atomic mass is 14.3. The zero-order chi connectivity index (χ0) is 5.49. The molecule has 0 unspecified atom stereocenters. The van der Waals surface area contributed by atoms with E-state index < -0.39 is 0 Å². The molecule has 0 aromatic heterocycles. The average molecular weight is 96.0 g/mol. The van der Waals surface area contributed by atoms with Gasteiger partial charge in [0.1, 0.15) is 7.85 Å². The molecule has 0 aromatic rings. The standard InChI is InChI=1S/C6H13B/c1-6(2)3-5(7)4-6/h5H,3-4,7H2,1-2H3. The summed E-state index contributed by atoms with van der Waals surface area (Å²) < 4.78 is 0. The van der Waals surface area contributed by atoms with Crippen molar-refractivity contribution >= 4 is 7.85 Å². The van der Waals surface area contributed by atoms with E-state index in [-0.39, 0.29) is 0 Å². The van der Waals surface area contributed by atoms with Crippen LogP contribution < -0.4 is 0 Å².